The zero-order valence-electron chi connectivity index (χ0n) is 34.6. The van der Waals surface area contributed by atoms with Gasteiger partial charge < -0.3 is 34.6 Å². The van der Waals surface area contributed by atoms with Gasteiger partial charge in [-0.2, -0.15) is 0 Å². The lowest BCUT2D eigenvalue weighted by molar-refractivity contribution is -0.148. The van der Waals surface area contributed by atoms with Crippen LogP contribution in [0.4, 0.5) is 11.4 Å². The van der Waals surface area contributed by atoms with Gasteiger partial charge in [-0.05, 0) is 73.5 Å². The second kappa shape index (κ2) is 19.2. The molecule has 61 heavy (non-hydrogen) atoms. The van der Waals surface area contributed by atoms with E-state index >= 15 is 0 Å². The molecule has 2 atom stereocenters. The van der Waals surface area contributed by atoms with Gasteiger partial charge in [0, 0.05) is 88.0 Å². The van der Waals surface area contributed by atoms with Crippen LogP contribution in [0.1, 0.15) is 56.8 Å². The zero-order chi connectivity index (χ0) is 44.2. The van der Waals surface area contributed by atoms with Crippen molar-refractivity contribution in [2.24, 2.45) is 0 Å². The van der Waals surface area contributed by atoms with Crippen molar-refractivity contribution < 1.29 is 33.4 Å². The Kier molecular flexibility index (Phi) is 14.5. The number of Topliss-reactive ketones (excluding diaryl/α,β-unsaturated/α-hetero) is 2. The topological polar surface area (TPSA) is 127 Å². The van der Waals surface area contributed by atoms with E-state index in [0.29, 0.717) is 13.1 Å². The van der Waals surface area contributed by atoms with Crippen LogP contribution in [0.5, 0.6) is 11.5 Å². The summed E-state index contributed by atoms with van der Waals surface area (Å²) in [4.78, 5) is 59.4. The molecule has 0 radical (unpaired) electrons. The van der Waals surface area contributed by atoms with Crippen molar-refractivity contribution in [3.05, 3.63) is 126 Å². The molecule has 0 bridgehead atoms. The summed E-state index contributed by atoms with van der Waals surface area (Å²) in [6.45, 7) is 3.96. The molecule has 0 aromatic heterocycles. The molecule has 6 rings (SSSR count). The summed E-state index contributed by atoms with van der Waals surface area (Å²) in [5.41, 5.74) is 0.202. The Morgan fingerprint density at radius 3 is 1.26 bits per heavy atom. The molecule has 0 aliphatic carbocycles. The number of carbonyl (C=O) groups excluding carboxylic acids is 4. The first-order chi connectivity index (χ1) is 29.0. The van der Waals surface area contributed by atoms with Gasteiger partial charge >= 0.3 is 0 Å². The smallest absolute Gasteiger partial charge is 0.187 e. The van der Waals surface area contributed by atoms with Gasteiger partial charge in [-0.3, -0.25) is 19.2 Å². The van der Waals surface area contributed by atoms with Gasteiger partial charge in [-0.25, -0.2) is 0 Å². The monoisotopic (exact) mass is 906 g/mol. The highest BCUT2D eigenvalue weighted by Gasteiger charge is 2.46. The summed E-state index contributed by atoms with van der Waals surface area (Å²) >= 11 is 27.9. The summed E-state index contributed by atoms with van der Waals surface area (Å²) in [6.07, 6.45) is 5.97. The van der Waals surface area contributed by atoms with Crippen molar-refractivity contribution in [2.45, 2.75) is 25.0 Å². The van der Waals surface area contributed by atoms with E-state index in [2.05, 4.69) is 10.6 Å². The van der Waals surface area contributed by atoms with Gasteiger partial charge in [-0.1, -0.05) is 82.8 Å². The third-order valence-corrected chi connectivity index (χ3v) is 12.4. The molecule has 2 saturated heterocycles. The first-order valence-electron chi connectivity index (χ1n) is 19.4. The molecule has 2 unspecified atom stereocenters. The van der Waals surface area contributed by atoms with Gasteiger partial charge in [0.25, 0.3) is 0 Å². The Morgan fingerprint density at radius 2 is 0.967 bits per heavy atom. The number of nitrogens with zero attached hydrogens (tertiary/aromatic N) is 2. The summed E-state index contributed by atoms with van der Waals surface area (Å²) < 4.78 is 18.8. The molecule has 0 amide bonds. The average molecular weight is 909 g/mol. The number of nitrogens with one attached hydrogen (secondary N) is 2. The zero-order valence-corrected chi connectivity index (χ0v) is 37.6. The highest BCUT2D eigenvalue weighted by molar-refractivity contribution is 6.46. The minimum atomic E-state index is -1.67. The highest BCUT2D eigenvalue weighted by atomic mass is 35.5. The number of ether oxygens (including phenoxy) is 3. The van der Waals surface area contributed by atoms with Crippen molar-refractivity contribution >= 4 is 93.1 Å². The minimum Gasteiger partial charge on any atom is -0.454 e. The SMILES string of the molecule is CC(=O)C1(c2cc(Oc3cc(C4(C(C)=O)CNCCO4)c(C(=O)/C=C/c4ccc(N(C)C)cc4)c(Cl)c3Cl)c(Cl)c(Cl)c2C(=O)/C=C/c2ccc(N(C)C)cc2)CNCCO1. The largest absolute Gasteiger partial charge is 0.454 e. The summed E-state index contributed by atoms with van der Waals surface area (Å²) in [5.74, 6) is -2.12. The first kappa shape index (κ1) is 46.0. The predicted molar refractivity (Wildman–Crippen MR) is 244 cm³/mol. The summed E-state index contributed by atoms with van der Waals surface area (Å²) in [7, 11) is 7.71. The van der Waals surface area contributed by atoms with Crippen molar-refractivity contribution in [2.75, 3.05) is 77.4 Å². The van der Waals surface area contributed by atoms with Crippen LogP contribution < -0.4 is 25.2 Å². The Morgan fingerprint density at radius 1 is 0.607 bits per heavy atom. The lowest BCUT2D eigenvalue weighted by Gasteiger charge is -2.38. The van der Waals surface area contributed by atoms with Crippen LogP contribution in [-0.4, -0.2) is 90.7 Å². The Balaban J connectivity index is 1.49. The molecular weight excluding hydrogens is 862 g/mol. The first-order valence-corrected chi connectivity index (χ1v) is 21.0. The molecule has 0 spiro atoms. The van der Waals surface area contributed by atoms with E-state index in [1.54, 1.807) is 12.2 Å². The number of ketones is 4. The quantitative estimate of drug-likeness (QED) is 0.0932. The highest BCUT2D eigenvalue weighted by Crippen LogP contribution is 2.48. The van der Waals surface area contributed by atoms with Crippen molar-refractivity contribution in [1.29, 1.82) is 0 Å². The van der Waals surface area contributed by atoms with Gasteiger partial charge in [0.2, 0.25) is 0 Å². The molecule has 2 fully saturated rings. The number of benzene rings is 4. The van der Waals surface area contributed by atoms with Gasteiger partial charge in [0.15, 0.2) is 34.3 Å². The fraction of sp³-hybridized carbons (Fsp3) is 0.304. The molecule has 4 aromatic rings. The number of carbonyl (C=O) groups is 4. The van der Waals surface area contributed by atoms with E-state index in [-0.39, 0.29) is 80.1 Å². The van der Waals surface area contributed by atoms with Gasteiger partial charge in [0.1, 0.15) is 21.5 Å². The molecule has 2 aliphatic heterocycles. The molecule has 320 valence electrons. The van der Waals surface area contributed by atoms with Crippen molar-refractivity contribution in [3.63, 3.8) is 0 Å². The third-order valence-electron chi connectivity index (χ3n) is 10.7. The lowest BCUT2D eigenvalue weighted by Crippen LogP contribution is -2.52. The number of anilines is 2. The maximum absolute atomic E-state index is 14.2. The fourth-order valence-corrected chi connectivity index (χ4v) is 8.22. The van der Waals surface area contributed by atoms with Gasteiger partial charge in [-0.15, -0.1) is 0 Å². The normalized spacial score (nSPS) is 19.2. The van der Waals surface area contributed by atoms with E-state index in [0.717, 1.165) is 22.5 Å². The molecule has 15 heteroatoms. The molecule has 2 N–H and O–H groups in total. The second-order valence-electron chi connectivity index (χ2n) is 15.1. The summed E-state index contributed by atoms with van der Waals surface area (Å²) in [5, 5.41) is 5.59. The van der Waals surface area contributed by atoms with Crippen LogP contribution in [-0.2, 0) is 30.3 Å². The van der Waals surface area contributed by atoms with Crippen LogP contribution in [0.25, 0.3) is 12.2 Å². The molecule has 2 aliphatic rings. The third kappa shape index (κ3) is 9.45. The van der Waals surface area contributed by atoms with Crippen LogP contribution in [0, 0.1) is 0 Å². The lowest BCUT2D eigenvalue weighted by atomic mass is 9.83. The Labute approximate surface area is 375 Å². The average Bonchev–Trinajstić information content (AvgIpc) is 3.25. The van der Waals surface area contributed by atoms with Crippen LogP contribution in [0.3, 0.4) is 0 Å². The maximum atomic E-state index is 14.2. The van der Waals surface area contributed by atoms with Crippen molar-refractivity contribution in [3.8, 4) is 11.5 Å². The van der Waals surface area contributed by atoms with E-state index in [1.165, 1.54) is 38.1 Å². The molecule has 11 nitrogen and oxygen atoms in total. The van der Waals surface area contributed by atoms with E-state index in [1.807, 2.05) is 86.5 Å². The number of hydrogen-bond donors (Lipinski definition) is 2. The number of hydrogen-bond acceptors (Lipinski definition) is 11. The number of morpholine rings is 2. The molecule has 0 saturated carbocycles. The second-order valence-corrected chi connectivity index (χ2v) is 16.6. The van der Waals surface area contributed by atoms with E-state index < -0.39 is 34.3 Å². The summed E-state index contributed by atoms with van der Waals surface area (Å²) in [6, 6.07) is 18.0. The van der Waals surface area contributed by atoms with Crippen LogP contribution >= 0.6 is 46.4 Å². The van der Waals surface area contributed by atoms with Crippen molar-refractivity contribution in [1.82, 2.24) is 10.6 Å². The Bertz CT molecular complexity index is 2240. The van der Waals surface area contributed by atoms with E-state index in [9.17, 15) is 19.2 Å². The number of allylic oxidation sites excluding steroid dienone is 2. The number of rotatable bonds is 14. The molecule has 4 aromatic carbocycles. The molecular formula is C46H46Cl4N4O7. The minimum absolute atomic E-state index is 0.0159. The number of halogens is 4. The standard InChI is InChI=1S/C46H46Cl4N4O7/c1-27(55)45(25-51-19-21-59-45)33-23-37(41(47)43(49)39(33)35(57)17-11-29-7-13-31(14-8-29)53(3)4)61-38-24-34(46(28(2)56)26-52-20-22-60-46)40(44(50)42(38)48)36(58)18-12-30-9-15-32(16-10-30)54(5)6/h7-18,23-24,51-52H,19-22,25-26H2,1-6H3/b17-11+,18-12+. The van der Waals surface area contributed by atoms with Crippen LogP contribution in [0.15, 0.2) is 72.8 Å². The van der Waals surface area contributed by atoms with Gasteiger partial charge in [0.05, 0.1) is 23.3 Å². The predicted octanol–water partition coefficient (Wildman–Crippen LogP) is 8.82. The molecule has 2 heterocycles. The maximum Gasteiger partial charge on any atom is 0.187 e. The fourth-order valence-electron chi connectivity index (χ4n) is 7.27. The Hall–Kier alpha value is -4.56. The van der Waals surface area contributed by atoms with Crippen LogP contribution in [0.2, 0.25) is 20.1 Å². The van der Waals surface area contributed by atoms with E-state index in [4.69, 9.17) is 60.6 Å².